The summed E-state index contributed by atoms with van der Waals surface area (Å²) in [7, 11) is 2.14. The third-order valence-corrected chi connectivity index (χ3v) is 5.17. The molecule has 0 radical (unpaired) electrons. The van der Waals surface area contributed by atoms with Gasteiger partial charge in [0.1, 0.15) is 0 Å². The molecular formula is C11H27NO2Si. The maximum absolute atomic E-state index is 5.50. The summed E-state index contributed by atoms with van der Waals surface area (Å²) >= 11 is 0. The van der Waals surface area contributed by atoms with Crippen molar-refractivity contribution in [3.8, 4) is 0 Å². The van der Waals surface area contributed by atoms with Crippen molar-refractivity contribution >= 4 is 9.28 Å². The van der Waals surface area contributed by atoms with E-state index in [9.17, 15) is 0 Å². The van der Waals surface area contributed by atoms with Crippen LogP contribution in [-0.2, 0) is 8.85 Å². The lowest BCUT2D eigenvalue weighted by molar-refractivity contribution is 0.258. The molecule has 0 aromatic carbocycles. The van der Waals surface area contributed by atoms with Gasteiger partial charge in [0.15, 0.2) is 0 Å². The van der Waals surface area contributed by atoms with Gasteiger partial charge in [-0.1, -0.05) is 26.2 Å². The minimum absolute atomic E-state index is 0.659. The molecule has 0 aromatic heterocycles. The minimum atomic E-state index is -1.42. The zero-order chi connectivity index (χ0) is 11.5. The second-order valence-electron chi connectivity index (χ2n) is 4.03. The van der Waals surface area contributed by atoms with E-state index < -0.39 is 9.28 Å². The van der Waals surface area contributed by atoms with Gasteiger partial charge in [0.05, 0.1) is 0 Å². The molecule has 92 valence electrons. The van der Waals surface area contributed by atoms with Gasteiger partial charge in [0.25, 0.3) is 0 Å². The molecule has 0 saturated carbocycles. The highest BCUT2D eigenvalue weighted by Gasteiger charge is 2.23. The number of rotatable bonds is 10. The Balaban J connectivity index is 3.91. The molecule has 0 bridgehead atoms. The second-order valence-corrected chi connectivity index (χ2v) is 6.65. The number of hydrogen-bond donors (Lipinski definition) is 1. The summed E-state index contributed by atoms with van der Waals surface area (Å²) in [6, 6.07) is 0. The van der Waals surface area contributed by atoms with Crippen LogP contribution in [-0.4, -0.2) is 30.0 Å². The quantitative estimate of drug-likeness (QED) is 0.465. The number of nitrogens with two attached hydrogens (primary N) is 1. The van der Waals surface area contributed by atoms with Crippen molar-refractivity contribution in [2.45, 2.75) is 51.0 Å². The van der Waals surface area contributed by atoms with Crippen molar-refractivity contribution in [3.63, 3.8) is 0 Å². The van der Waals surface area contributed by atoms with E-state index in [1.165, 1.54) is 32.1 Å². The molecule has 0 spiro atoms. The fraction of sp³-hybridized carbons (Fsp3) is 1.00. The molecule has 0 aromatic rings. The SMILES string of the molecule is CCCCC(CCCCN)[SiH](OC)OC. The van der Waals surface area contributed by atoms with Crippen LogP contribution in [0.5, 0.6) is 0 Å². The van der Waals surface area contributed by atoms with Crippen molar-refractivity contribution in [2.75, 3.05) is 20.8 Å². The van der Waals surface area contributed by atoms with E-state index in [1.807, 2.05) is 0 Å². The lowest BCUT2D eigenvalue weighted by atomic mass is 10.1. The number of unbranched alkanes of at least 4 members (excludes halogenated alkanes) is 2. The molecule has 0 heterocycles. The molecule has 0 aliphatic heterocycles. The van der Waals surface area contributed by atoms with Gasteiger partial charge < -0.3 is 14.6 Å². The van der Waals surface area contributed by atoms with Crippen LogP contribution in [0.15, 0.2) is 0 Å². The van der Waals surface area contributed by atoms with Gasteiger partial charge >= 0.3 is 9.28 Å². The van der Waals surface area contributed by atoms with E-state index in [2.05, 4.69) is 6.92 Å². The summed E-state index contributed by atoms with van der Waals surface area (Å²) in [4.78, 5) is 0. The van der Waals surface area contributed by atoms with Gasteiger partial charge in [-0.15, -0.1) is 0 Å². The third kappa shape index (κ3) is 7.06. The van der Waals surface area contributed by atoms with E-state index in [0.29, 0.717) is 5.54 Å². The molecule has 0 saturated heterocycles. The Morgan fingerprint density at radius 1 is 1.07 bits per heavy atom. The third-order valence-electron chi connectivity index (χ3n) is 2.81. The molecule has 0 amide bonds. The molecule has 0 fully saturated rings. The highest BCUT2D eigenvalue weighted by atomic mass is 28.3. The van der Waals surface area contributed by atoms with E-state index in [1.54, 1.807) is 14.2 Å². The topological polar surface area (TPSA) is 44.5 Å². The summed E-state index contributed by atoms with van der Waals surface area (Å²) < 4.78 is 10.9. The zero-order valence-corrected chi connectivity index (χ0v) is 11.7. The first-order valence-corrected chi connectivity index (χ1v) is 7.66. The van der Waals surface area contributed by atoms with Gasteiger partial charge in [-0.05, 0) is 31.3 Å². The highest BCUT2D eigenvalue weighted by Crippen LogP contribution is 2.25. The average Bonchev–Trinajstić information content (AvgIpc) is 2.26. The van der Waals surface area contributed by atoms with E-state index >= 15 is 0 Å². The van der Waals surface area contributed by atoms with Crippen molar-refractivity contribution in [3.05, 3.63) is 0 Å². The van der Waals surface area contributed by atoms with E-state index in [4.69, 9.17) is 14.6 Å². The molecule has 0 aliphatic carbocycles. The largest absolute Gasteiger partial charge is 0.400 e. The average molecular weight is 233 g/mol. The molecule has 4 heteroatoms. The molecule has 0 aliphatic rings. The van der Waals surface area contributed by atoms with Crippen molar-refractivity contribution in [1.82, 2.24) is 0 Å². The Bertz CT molecular complexity index is 132. The van der Waals surface area contributed by atoms with Gasteiger partial charge in [-0.25, -0.2) is 0 Å². The molecule has 1 atom stereocenters. The van der Waals surface area contributed by atoms with Crippen molar-refractivity contribution < 1.29 is 8.85 Å². The molecule has 2 N–H and O–H groups in total. The minimum Gasteiger partial charge on any atom is -0.400 e. The summed E-state index contributed by atoms with van der Waals surface area (Å²) in [5.41, 5.74) is 6.16. The summed E-state index contributed by atoms with van der Waals surface area (Å²) in [5.74, 6) is 0. The van der Waals surface area contributed by atoms with E-state index in [-0.39, 0.29) is 0 Å². The van der Waals surface area contributed by atoms with Gasteiger partial charge in [-0.3, -0.25) is 0 Å². The van der Waals surface area contributed by atoms with Crippen LogP contribution in [0.25, 0.3) is 0 Å². The molecular weight excluding hydrogens is 206 g/mol. The molecule has 1 unspecified atom stereocenters. The van der Waals surface area contributed by atoms with Gasteiger partial charge in [0.2, 0.25) is 0 Å². The standard InChI is InChI=1S/C11H27NO2Si/c1-4-5-8-11(9-6-7-10-12)15(13-2)14-3/h11,15H,4-10,12H2,1-3H3. The zero-order valence-electron chi connectivity index (χ0n) is 10.5. The molecule has 15 heavy (non-hydrogen) atoms. The van der Waals surface area contributed by atoms with Crippen LogP contribution in [0.4, 0.5) is 0 Å². The number of hydrogen-bond acceptors (Lipinski definition) is 3. The van der Waals surface area contributed by atoms with Crippen LogP contribution >= 0.6 is 0 Å². The Morgan fingerprint density at radius 3 is 2.13 bits per heavy atom. The fourth-order valence-electron chi connectivity index (χ4n) is 1.91. The summed E-state index contributed by atoms with van der Waals surface area (Å²) in [6.45, 7) is 3.03. The van der Waals surface area contributed by atoms with Crippen molar-refractivity contribution in [2.24, 2.45) is 5.73 Å². The maximum Gasteiger partial charge on any atom is 0.324 e. The van der Waals surface area contributed by atoms with Crippen LogP contribution in [0.2, 0.25) is 5.54 Å². The smallest absolute Gasteiger partial charge is 0.324 e. The Kier molecular flexibility index (Phi) is 10.7. The Labute approximate surface area is 96.2 Å². The lowest BCUT2D eigenvalue weighted by Crippen LogP contribution is -2.26. The van der Waals surface area contributed by atoms with Crippen LogP contribution in [0.1, 0.15) is 45.4 Å². The van der Waals surface area contributed by atoms with Crippen LogP contribution in [0.3, 0.4) is 0 Å². The van der Waals surface area contributed by atoms with Gasteiger partial charge in [-0.2, -0.15) is 0 Å². The monoisotopic (exact) mass is 233 g/mol. The Morgan fingerprint density at radius 2 is 1.67 bits per heavy atom. The lowest BCUT2D eigenvalue weighted by Gasteiger charge is -2.22. The first-order chi connectivity index (χ1) is 7.29. The van der Waals surface area contributed by atoms with Crippen LogP contribution < -0.4 is 5.73 Å². The van der Waals surface area contributed by atoms with Crippen molar-refractivity contribution in [1.29, 1.82) is 0 Å². The predicted octanol–water partition coefficient (Wildman–Crippen LogP) is 2.19. The van der Waals surface area contributed by atoms with E-state index in [0.717, 1.165) is 13.0 Å². The molecule has 3 nitrogen and oxygen atoms in total. The normalized spacial score (nSPS) is 13.4. The Hall–Kier alpha value is 0.0969. The fourth-order valence-corrected chi connectivity index (χ4v) is 3.89. The summed E-state index contributed by atoms with van der Waals surface area (Å²) in [6.07, 6.45) is 7.33. The first kappa shape index (κ1) is 15.1. The van der Waals surface area contributed by atoms with Crippen LogP contribution in [0, 0.1) is 0 Å². The second kappa shape index (κ2) is 10.6. The highest BCUT2D eigenvalue weighted by molar-refractivity contribution is 6.46. The maximum atomic E-state index is 5.50. The predicted molar refractivity (Wildman–Crippen MR) is 67.3 cm³/mol. The summed E-state index contributed by atoms with van der Waals surface area (Å²) in [5, 5.41) is 0. The van der Waals surface area contributed by atoms with Gasteiger partial charge in [0, 0.05) is 14.2 Å². The molecule has 0 rings (SSSR count). The first-order valence-electron chi connectivity index (χ1n) is 6.05.